The number of nitrogens with one attached hydrogen (secondary N) is 1. The van der Waals surface area contributed by atoms with Crippen molar-refractivity contribution in [3.8, 4) is 5.75 Å². The SMILES string of the molecule is COc1ccc(CC(OC(C)C)C(O)O)cc1COC(=O)Nc1ccc(Cl)cc1Cl. The topological polar surface area (TPSA) is 97.2 Å². The van der Waals surface area contributed by atoms with Crippen molar-refractivity contribution in [2.75, 3.05) is 12.4 Å². The molecule has 9 heteroatoms. The van der Waals surface area contributed by atoms with Crippen molar-refractivity contribution >= 4 is 35.0 Å². The predicted molar refractivity (Wildman–Crippen MR) is 115 cm³/mol. The van der Waals surface area contributed by atoms with Gasteiger partial charge in [-0.25, -0.2) is 4.79 Å². The summed E-state index contributed by atoms with van der Waals surface area (Å²) in [6.07, 6.45) is -3.01. The standard InChI is InChI=1S/C21H25Cl2NO6/c1-12(2)30-19(20(25)26)9-13-4-7-18(28-3)14(8-13)11-29-21(27)24-17-6-5-15(22)10-16(17)23/h4-8,10,12,19-20,25-26H,9,11H2,1-3H3,(H,24,27). The highest BCUT2D eigenvalue weighted by Crippen LogP contribution is 2.26. The van der Waals surface area contributed by atoms with Crippen molar-refractivity contribution in [3.63, 3.8) is 0 Å². The first-order valence-corrected chi connectivity index (χ1v) is 10.0. The molecule has 0 heterocycles. The molecule has 2 aromatic rings. The Kier molecular flexibility index (Phi) is 9.20. The van der Waals surface area contributed by atoms with Crippen LogP contribution in [0.3, 0.4) is 0 Å². The molecule has 0 aliphatic carbocycles. The summed E-state index contributed by atoms with van der Waals surface area (Å²) in [5.41, 5.74) is 1.76. The molecule has 0 aliphatic heterocycles. The van der Waals surface area contributed by atoms with E-state index in [4.69, 9.17) is 37.4 Å². The molecule has 2 aromatic carbocycles. The summed E-state index contributed by atoms with van der Waals surface area (Å²) in [6.45, 7) is 3.56. The van der Waals surface area contributed by atoms with E-state index in [1.807, 2.05) is 13.8 Å². The number of aliphatic hydroxyl groups is 2. The lowest BCUT2D eigenvalue weighted by atomic mass is 10.0. The fourth-order valence-corrected chi connectivity index (χ4v) is 3.21. The van der Waals surface area contributed by atoms with Gasteiger partial charge in [0.05, 0.1) is 23.9 Å². The number of rotatable bonds is 9. The molecule has 1 unspecified atom stereocenters. The maximum Gasteiger partial charge on any atom is 0.412 e. The van der Waals surface area contributed by atoms with E-state index in [2.05, 4.69) is 5.32 Å². The third-order valence-corrected chi connectivity index (χ3v) is 4.64. The first-order valence-electron chi connectivity index (χ1n) is 9.25. The lowest BCUT2D eigenvalue weighted by molar-refractivity contribution is -0.157. The molecule has 164 valence electrons. The number of amides is 1. The molecule has 0 fully saturated rings. The van der Waals surface area contributed by atoms with E-state index in [9.17, 15) is 15.0 Å². The molecule has 0 aromatic heterocycles. The van der Waals surface area contributed by atoms with Gasteiger partial charge in [-0.2, -0.15) is 0 Å². The highest BCUT2D eigenvalue weighted by atomic mass is 35.5. The minimum absolute atomic E-state index is 0.0640. The van der Waals surface area contributed by atoms with Crippen LogP contribution in [0.2, 0.25) is 10.0 Å². The van der Waals surface area contributed by atoms with E-state index in [1.165, 1.54) is 13.2 Å². The van der Waals surface area contributed by atoms with Crippen LogP contribution in [0.4, 0.5) is 10.5 Å². The average molecular weight is 458 g/mol. The quantitative estimate of drug-likeness (QED) is 0.482. The van der Waals surface area contributed by atoms with Crippen molar-refractivity contribution in [1.82, 2.24) is 0 Å². The monoisotopic (exact) mass is 457 g/mol. The van der Waals surface area contributed by atoms with Gasteiger partial charge in [0, 0.05) is 17.0 Å². The Labute approximate surface area is 185 Å². The van der Waals surface area contributed by atoms with Crippen molar-refractivity contribution < 1.29 is 29.2 Å². The van der Waals surface area contributed by atoms with Crippen LogP contribution in [0.1, 0.15) is 25.0 Å². The minimum Gasteiger partial charge on any atom is -0.496 e. The number of carbonyl (C=O) groups is 1. The van der Waals surface area contributed by atoms with E-state index in [-0.39, 0.29) is 24.2 Å². The lowest BCUT2D eigenvalue weighted by Gasteiger charge is -2.22. The summed E-state index contributed by atoms with van der Waals surface area (Å²) in [5.74, 6) is 0.530. The van der Waals surface area contributed by atoms with Crippen LogP contribution in [0.15, 0.2) is 36.4 Å². The van der Waals surface area contributed by atoms with Crippen molar-refractivity contribution in [1.29, 1.82) is 0 Å². The van der Waals surface area contributed by atoms with Gasteiger partial charge in [0.15, 0.2) is 6.29 Å². The smallest absolute Gasteiger partial charge is 0.412 e. The molecule has 0 bridgehead atoms. The molecule has 1 amide bonds. The maximum atomic E-state index is 12.1. The van der Waals surface area contributed by atoms with E-state index in [0.29, 0.717) is 22.0 Å². The normalized spacial score (nSPS) is 12.2. The highest BCUT2D eigenvalue weighted by molar-refractivity contribution is 6.36. The fourth-order valence-electron chi connectivity index (χ4n) is 2.76. The second kappa shape index (κ2) is 11.4. The van der Waals surface area contributed by atoms with Gasteiger partial charge < -0.3 is 24.4 Å². The molecule has 1 atom stereocenters. The van der Waals surface area contributed by atoms with Crippen LogP contribution in [-0.2, 0) is 22.5 Å². The number of benzene rings is 2. The van der Waals surface area contributed by atoms with Gasteiger partial charge in [-0.3, -0.25) is 5.32 Å². The molecule has 0 spiro atoms. The van der Waals surface area contributed by atoms with Crippen molar-refractivity contribution in [2.45, 2.75) is 45.4 Å². The molecule has 7 nitrogen and oxygen atoms in total. The molecule has 0 radical (unpaired) electrons. The van der Waals surface area contributed by atoms with E-state index in [0.717, 1.165) is 5.56 Å². The minimum atomic E-state index is -1.62. The summed E-state index contributed by atoms with van der Waals surface area (Å²) in [7, 11) is 1.51. The third kappa shape index (κ3) is 7.34. The van der Waals surface area contributed by atoms with Crippen molar-refractivity contribution in [3.05, 3.63) is 57.6 Å². The highest BCUT2D eigenvalue weighted by Gasteiger charge is 2.20. The summed E-state index contributed by atoms with van der Waals surface area (Å²) in [5, 5.41) is 22.4. The number of carbonyl (C=O) groups excluding carboxylic acids is 1. The zero-order chi connectivity index (χ0) is 22.3. The molecular weight excluding hydrogens is 433 g/mol. The van der Waals surface area contributed by atoms with Crippen LogP contribution in [-0.4, -0.2) is 41.9 Å². The van der Waals surface area contributed by atoms with Crippen LogP contribution >= 0.6 is 23.2 Å². The van der Waals surface area contributed by atoms with Crippen molar-refractivity contribution in [2.24, 2.45) is 0 Å². The van der Waals surface area contributed by atoms with E-state index < -0.39 is 18.5 Å². The number of anilines is 1. The van der Waals surface area contributed by atoms with Gasteiger partial charge in [0.2, 0.25) is 0 Å². The predicted octanol–water partition coefficient (Wildman–Crippen LogP) is 4.40. The number of aliphatic hydroxyl groups excluding tert-OH is 1. The summed E-state index contributed by atoms with van der Waals surface area (Å²) < 4.78 is 16.2. The van der Waals surface area contributed by atoms with Gasteiger partial charge >= 0.3 is 6.09 Å². The zero-order valence-electron chi connectivity index (χ0n) is 16.9. The second-order valence-electron chi connectivity index (χ2n) is 6.81. The van der Waals surface area contributed by atoms with E-state index in [1.54, 1.807) is 30.3 Å². The molecule has 0 saturated carbocycles. The number of methoxy groups -OCH3 is 1. The molecule has 0 aliphatic rings. The summed E-state index contributed by atoms with van der Waals surface area (Å²) >= 11 is 11.9. The summed E-state index contributed by atoms with van der Waals surface area (Å²) in [4.78, 5) is 12.1. The van der Waals surface area contributed by atoms with Gasteiger partial charge in [-0.05, 0) is 49.7 Å². The number of hydrogen-bond acceptors (Lipinski definition) is 6. The second-order valence-corrected chi connectivity index (χ2v) is 7.66. The first-order chi connectivity index (χ1) is 14.2. The molecule has 30 heavy (non-hydrogen) atoms. The van der Waals surface area contributed by atoms with E-state index >= 15 is 0 Å². The Morgan fingerprint density at radius 3 is 2.47 bits per heavy atom. The molecule has 2 rings (SSSR count). The molecular formula is C21H25Cl2NO6. The molecule has 3 N–H and O–H groups in total. The van der Waals surface area contributed by atoms with Crippen LogP contribution in [0.5, 0.6) is 5.75 Å². The zero-order valence-corrected chi connectivity index (χ0v) is 18.4. The Morgan fingerprint density at radius 2 is 1.87 bits per heavy atom. The Bertz CT molecular complexity index is 859. The Hall–Kier alpha value is -2.03. The Morgan fingerprint density at radius 1 is 1.13 bits per heavy atom. The number of ether oxygens (including phenoxy) is 3. The van der Waals surface area contributed by atoms with Gasteiger partial charge in [0.25, 0.3) is 0 Å². The van der Waals surface area contributed by atoms with Crippen LogP contribution < -0.4 is 10.1 Å². The fraction of sp³-hybridized carbons (Fsp3) is 0.381. The maximum absolute atomic E-state index is 12.1. The third-order valence-electron chi connectivity index (χ3n) is 4.09. The molecule has 0 saturated heterocycles. The van der Waals surface area contributed by atoms with Crippen LogP contribution in [0, 0.1) is 0 Å². The van der Waals surface area contributed by atoms with Gasteiger partial charge in [-0.1, -0.05) is 29.3 Å². The van der Waals surface area contributed by atoms with Crippen LogP contribution in [0.25, 0.3) is 0 Å². The largest absolute Gasteiger partial charge is 0.496 e. The number of hydrogen-bond donors (Lipinski definition) is 3. The average Bonchev–Trinajstić information content (AvgIpc) is 2.67. The van der Waals surface area contributed by atoms with Gasteiger partial charge in [-0.15, -0.1) is 0 Å². The van der Waals surface area contributed by atoms with Gasteiger partial charge in [0.1, 0.15) is 18.5 Å². The number of halogens is 2. The lowest BCUT2D eigenvalue weighted by Crippen LogP contribution is -2.33. The first kappa shape index (κ1) is 24.2. The summed E-state index contributed by atoms with van der Waals surface area (Å²) in [6, 6.07) is 9.95. The Balaban J connectivity index is 2.06.